The second-order valence-electron chi connectivity index (χ2n) is 4.90. The van der Waals surface area contributed by atoms with Crippen molar-refractivity contribution in [3.8, 4) is 0 Å². The molecular formula is C14H17N5O. The maximum Gasteiger partial charge on any atom is 0.227 e. The average molecular weight is 271 g/mol. The van der Waals surface area contributed by atoms with Gasteiger partial charge in [-0.05, 0) is 18.6 Å². The quantitative estimate of drug-likeness (QED) is 0.916. The summed E-state index contributed by atoms with van der Waals surface area (Å²) < 4.78 is 1.67. The van der Waals surface area contributed by atoms with E-state index in [0.717, 1.165) is 30.0 Å². The summed E-state index contributed by atoms with van der Waals surface area (Å²) in [4.78, 5) is 13.7. The van der Waals surface area contributed by atoms with Crippen molar-refractivity contribution < 1.29 is 4.79 Å². The van der Waals surface area contributed by atoms with Crippen molar-refractivity contribution in [3.05, 3.63) is 36.2 Å². The number of carbonyl (C=O) groups is 1. The molecule has 2 aromatic rings. The monoisotopic (exact) mass is 271 g/mol. The third-order valence-electron chi connectivity index (χ3n) is 3.38. The molecule has 0 spiro atoms. The van der Waals surface area contributed by atoms with E-state index in [2.05, 4.69) is 15.6 Å². The van der Waals surface area contributed by atoms with E-state index in [1.54, 1.807) is 4.68 Å². The Morgan fingerprint density at radius 2 is 2.20 bits per heavy atom. The topological polar surface area (TPSA) is 63.1 Å². The largest absolute Gasteiger partial charge is 0.378 e. The van der Waals surface area contributed by atoms with E-state index in [1.165, 1.54) is 0 Å². The molecule has 3 rings (SSSR count). The molecule has 104 valence electrons. The third kappa shape index (κ3) is 2.49. The fourth-order valence-corrected chi connectivity index (χ4v) is 2.42. The van der Waals surface area contributed by atoms with Gasteiger partial charge in [0.25, 0.3) is 0 Å². The highest BCUT2D eigenvalue weighted by Crippen LogP contribution is 2.29. The molecule has 1 N–H and O–H groups in total. The van der Waals surface area contributed by atoms with Crippen LogP contribution in [0.1, 0.15) is 18.5 Å². The van der Waals surface area contributed by atoms with Gasteiger partial charge < -0.3 is 10.2 Å². The van der Waals surface area contributed by atoms with Crippen molar-refractivity contribution in [1.82, 2.24) is 15.0 Å². The molecule has 1 fully saturated rings. The zero-order valence-electron chi connectivity index (χ0n) is 11.4. The van der Waals surface area contributed by atoms with Crippen LogP contribution in [0.2, 0.25) is 0 Å². The number of nitrogens with one attached hydrogen (secondary N) is 1. The van der Waals surface area contributed by atoms with Crippen molar-refractivity contribution in [2.45, 2.75) is 19.4 Å². The fraction of sp³-hybridized carbons (Fsp3) is 0.357. The molecule has 0 atom stereocenters. The lowest BCUT2D eigenvalue weighted by Crippen LogP contribution is -2.24. The smallest absolute Gasteiger partial charge is 0.227 e. The molecule has 1 amide bonds. The fourth-order valence-electron chi connectivity index (χ4n) is 2.42. The summed E-state index contributed by atoms with van der Waals surface area (Å²) in [5, 5.41) is 11.3. The van der Waals surface area contributed by atoms with Crippen molar-refractivity contribution in [1.29, 1.82) is 0 Å². The van der Waals surface area contributed by atoms with Crippen LogP contribution in [0.25, 0.3) is 0 Å². The maximum absolute atomic E-state index is 11.9. The van der Waals surface area contributed by atoms with Crippen LogP contribution < -0.4 is 10.2 Å². The highest BCUT2D eigenvalue weighted by molar-refractivity contribution is 5.98. The van der Waals surface area contributed by atoms with Gasteiger partial charge in [0.1, 0.15) is 5.69 Å². The summed E-state index contributed by atoms with van der Waals surface area (Å²) in [5.74, 6) is 0.193. The number of carbonyl (C=O) groups excluding carboxylic acids is 1. The summed E-state index contributed by atoms with van der Waals surface area (Å²) in [6.07, 6.45) is 3.44. The molecule has 6 nitrogen and oxygen atoms in total. The lowest BCUT2D eigenvalue weighted by Gasteiger charge is -2.20. The van der Waals surface area contributed by atoms with Gasteiger partial charge in [-0.15, -0.1) is 5.10 Å². The van der Waals surface area contributed by atoms with Crippen LogP contribution in [0.5, 0.6) is 0 Å². The predicted octanol–water partition coefficient (Wildman–Crippen LogP) is 1.55. The minimum atomic E-state index is 0.193. The molecule has 1 aromatic carbocycles. The number of para-hydroxylation sites is 2. The minimum Gasteiger partial charge on any atom is -0.378 e. The van der Waals surface area contributed by atoms with Crippen LogP contribution in [-0.2, 0) is 18.4 Å². The second-order valence-corrected chi connectivity index (χ2v) is 4.90. The standard InChI is InChI=1S/C14H17N5O/c1-18-10-11(16-17-18)9-15-12-5-2-3-6-13(12)19-8-4-7-14(19)20/h2-3,5-6,10,15H,4,7-9H2,1H3. The summed E-state index contributed by atoms with van der Waals surface area (Å²) >= 11 is 0. The van der Waals surface area contributed by atoms with Gasteiger partial charge in [0.2, 0.25) is 5.91 Å². The average Bonchev–Trinajstić information content (AvgIpc) is 3.05. The van der Waals surface area contributed by atoms with E-state index in [0.29, 0.717) is 13.0 Å². The van der Waals surface area contributed by atoms with Crippen LogP contribution in [-0.4, -0.2) is 27.4 Å². The summed E-state index contributed by atoms with van der Waals surface area (Å²) in [6, 6.07) is 7.87. The number of amides is 1. The molecule has 1 aromatic heterocycles. The highest BCUT2D eigenvalue weighted by atomic mass is 16.2. The molecule has 1 aliphatic rings. The van der Waals surface area contributed by atoms with Gasteiger partial charge in [-0.3, -0.25) is 9.48 Å². The molecule has 0 bridgehead atoms. The summed E-state index contributed by atoms with van der Waals surface area (Å²) in [5.41, 5.74) is 2.77. The Morgan fingerprint density at radius 3 is 2.90 bits per heavy atom. The Balaban J connectivity index is 1.77. The van der Waals surface area contributed by atoms with E-state index in [4.69, 9.17) is 0 Å². The van der Waals surface area contributed by atoms with Gasteiger partial charge >= 0.3 is 0 Å². The molecule has 2 heterocycles. The summed E-state index contributed by atoms with van der Waals surface area (Å²) in [6.45, 7) is 1.38. The van der Waals surface area contributed by atoms with Crippen LogP contribution >= 0.6 is 0 Å². The normalized spacial score (nSPS) is 14.8. The van der Waals surface area contributed by atoms with Crippen LogP contribution in [0, 0.1) is 0 Å². The lowest BCUT2D eigenvalue weighted by molar-refractivity contribution is -0.117. The second kappa shape index (κ2) is 5.32. The van der Waals surface area contributed by atoms with Gasteiger partial charge in [-0.2, -0.15) is 0 Å². The Morgan fingerprint density at radius 1 is 1.35 bits per heavy atom. The molecular weight excluding hydrogens is 254 g/mol. The third-order valence-corrected chi connectivity index (χ3v) is 3.38. The number of aromatic nitrogens is 3. The van der Waals surface area contributed by atoms with Gasteiger partial charge in [-0.25, -0.2) is 0 Å². The molecule has 0 unspecified atom stereocenters. The Hall–Kier alpha value is -2.37. The first kappa shape index (κ1) is 12.7. The highest BCUT2D eigenvalue weighted by Gasteiger charge is 2.23. The molecule has 0 saturated carbocycles. The van der Waals surface area contributed by atoms with E-state index >= 15 is 0 Å². The van der Waals surface area contributed by atoms with Crippen LogP contribution in [0.4, 0.5) is 11.4 Å². The van der Waals surface area contributed by atoms with Crippen molar-refractivity contribution in [2.24, 2.45) is 7.05 Å². The Bertz CT molecular complexity index is 622. The SMILES string of the molecule is Cn1cc(CNc2ccccc2N2CCCC2=O)nn1. The van der Waals surface area contributed by atoms with Crippen molar-refractivity contribution in [3.63, 3.8) is 0 Å². The molecule has 6 heteroatoms. The van der Waals surface area contributed by atoms with Gasteiger partial charge in [0, 0.05) is 26.2 Å². The molecule has 0 radical (unpaired) electrons. The summed E-state index contributed by atoms with van der Waals surface area (Å²) in [7, 11) is 1.84. The van der Waals surface area contributed by atoms with Crippen molar-refractivity contribution in [2.75, 3.05) is 16.8 Å². The van der Waals surface area contributed by atoms with Crippen molar-refractivity contribution >= 4 is 17.3 Å². The van der Waals surface area contributed by atoms with Gasteiger partial charge in [-0.1, -0.05) is 17.3 Å². The number of hydrogen-bond donors (Lipinski definition) is 1. The number of aryl methyl sites for hydroxylation is 1. The Kier molecular flexibility index (Phi) is 3.37. The van der Waals surface area contributed by atoms with Crippen LogP contribution in [0.15, 0.2) is 30.5 Å². The molecule has 0 aliphatic carbocycles. The van der Waals surface area contributed by atoms with Gasteiger partial charge in [0.15, 0.2) is 0 Å². The van der Waals surface area contributed by atoms with Gasteiger partial charge in [0.05, 0.1) is 17.9 Å². The first-order valence-corrected chi connectivity index (χ1v) is 6.72. The number of rotatable bonds is 4. The molecule has 1 saturated heterocycles. The van der Waals surface area contributed by atoms with E-state index in [1.807, 2.05) is 42.4 Å². The van der Waals surface area contributed by atoms with E-state index in [-0.39, 0.29) is 5.91 Å². The first-order valence-electron chi connectivity index (χ1n) is 6.72. The molecule has 20 heavy (non-hydrogen) atoms. The van der Waals surface area contributed by atoms with E-state index < -0.39 is 0 Å². The first-order chi connectivity index (χ1) is 9.74. The number of hydrogen-bond acceptors (Lipinski definition) is 4. The number of benzene rings is 1. The Labute approximate surface area is 117 Å². The number of nitrogens with zero attached hydrogens (tertiary/aromatic N) is 4. The maximum atomic E-state index is 11.9. The lowest BCUT2D eigenvalue weighted by atomic mass is 10.2. The zero-order chi connectivity index (χ0) is 13.9. The zero-order valence-corrected chi connectivity index (χ0v) is 11.4. The van der Waals surface area contributed by atoms with E-state index in [9.17, 15) is 4.79 Å². The minimum absolute atomic E-state index is 0.193. The van der Waals surface area contributed by atoms with Crippen LogP contribution in [0.3, 0.4) is 0 Å². The molecule has 1 aliphatic heterocycles. The predicted molar refractivity (Wildman–Crippen MR) is 76.4 cm³/mol. The number of anilines is 2.